The minimum absolute atomic E-state index is 0.896. The van der Waals surface area contributed by atoms with Crippen molar-refractivity contribution >= 4 is 5.69 Å². The number of anilines is 1. The van der Waals surface area contributed by atoms with E-state index in [1.165, 1.54) is 56.4 Å². The van der Waals surface area contributed by atoms with Crippen molar-refractivity contribution in [2.24, 2.45) is 5.92 Å². The van der Waals surface area contributed by atoms with Gasteiger partial charge >= 0.3 is 0 Å². The molecule has 1 aliphatic carbocycles. The molecular formula is C17H26N2. The standard InChI is InChI=1S/C17H26N2/c1-14-5-2-8-16(13-14)18-10-12-19-11-4-7-15-6-3-9-17(15)19/h2,5,8,13,15,17-18H,3-4,6-7,9-12H2,1H3. The van der Waals surface area contributed by atoms with Crippen LogP contribution in [-0.4, -0.2) is 30.6 Å². The quantitative estimate of drug-likeness (QED) is 0.886. The molecule has 3 rings (SSSR count). The number of hydrogen-bond donors (Lipinski definition) is 1. The molecule has 2 nitrogen and oxygen atoms in total. The third kappa shape index (κ3) is 3.11. The molecule has 2 unspecified atom stereocenters. The summed E-state index contributed by atoms with van der Waals surface area (Å²) in [7, 11) is 0. The molecule has 2 aliphatic rings. The van der Waals surface area contributed by atoms with Crippen LogP contribution < -0.4 is 5.32 Å². The summed E-state index contributed by atoms with van der Waals surface area (Å²) in [5.41, 5.74) is 2.60. The van der Waals surface area contributed by atoms with Crippen LogP contribution in [-0.2, 0) is 0 Å². The first-order valence-electron chi connectivity index (χ1n) is 7.87. The van der Waals surface area contributed by atoms with Crippen molar-refractivity contribution < 1.29 is 0 Å². The lowest BCUT2D eigenvalue weighted by Crippen LogP contribution is -2.44. The lowest BCUT2D eigenvalue weighted by Gasteiger charge is -2.37. The second kappa shape index (κ2) is 5.96. The van der Waals surface area contributed by atoms with Gasteiger partial charge in [0.25, 0.3) is 0 Å². The van der Waals surface area contributed by atoms with Crippen molar-refractivity contribution in [1.82, 2.24) is 4.90 Å². The molecule has 1 aliphatic heterocycles. The predicted molar refractivity (Wildman–Crippen MR) is 81.6 cm³/mol. The van der Waals surface area contributed by atoms with E-state index >= 15 is 0 Å². The highest BCUT2D eigenvalue weighted by Gasteiger charge is 2.34. The van der Waals surface area contributed by atoms with Crippen molar-refractivity contribution in [3.8, 4) is 0 Å². The highest BCUT2D eigenvalue weighted by molar-refractivity contribution is 5.45. The summed E-state index contributed by atoms with van der Waals surface area (Å²) < 4.78 is 0. The van der Waals surface area contributed by atoms with Gasteiger partial charge in [-0.1, -0.05) is 18.6 Å². The Labute approximate surface area is 117 Å². The third-order valence-corrected chi connectivity index (χ3v) is 4.85. The zero-order valence-corrected chi connectivity index (χ0v) is 12.1. The normalized spacial score (nSPS) is 27.2. The monoisotopic (exact) mass is 258 g/mol. The van der Waals surface area contributed by atoms with Crippen LogP contribution in [0.2, 0.25) is 0 Å². The summed E-state index contributed by atoms with van der Waals surface area (Å²) in [4.78, 5) is 2.74. The van der Waals surface area contributed by atoms with E-state index in [9.17, 15) is 0 Å². The SMILES string of the molecule is Cc1cccc(NCCN2CCCC3CCCC32)c1. The minimum Gasteiger partial charge on any atom is -0.384 e. The zero-order valence-electron chi connectivity index (χ0n) is 12.1. The molecular weight excluding hydrogens is 232 g/mol. The number of nitrogens with one attached hydrogen (secondary N) is 1. The van der Waals surface area contributed by atoms with Crippen LogP contribution in [0.5, 0.6) is 0 Å². The van der Waals surface area contributed by atoms with E-state index in [1.54, 1.807) is 0 Å². The van der Waals surface area contributed by atoms with Crippen LogP contribution in [0.1, 0.15) is 37.7 Å². The highest BCUT2D eigenvalue weighted by Crippen LogP contribution is 2.36. The van der Waals surface area contributed by atoms with Gasteiger partial charge in [-0.3, -0.25) is 4.90 Å². The summed E-state index contributed by atoms with van der Waals surface area (Å²) in [5, 5.41) is 3.57. The maximum atomic E-state index is 3.57. The number of nitrogens with zero attached hydrogens (tertiary/aromatic N) is 1. The lowest BCUT2D eigenvalue weighted by molar-refractivity contribution is 0.118. The molecule has 1 saturated carbocycles. The summed E-state index contributed by atoms with van der Waals surface area (Å²) in [6.45, 7) is 5.75. The molecule has 1 saturated heterocycles. The van der Waals surface area contributed by atoms with Crippen molar-refractivity contribution in [1.29, 1.82) is 0 Å². The Morgan fingerprint density at radius 1 is 1.21 bits per heavy atom. The molecule has 0 aromatic heterocycles. The molecule has 1 aromatic rings. The van der Waals surface area contributed by atoms with Crippen LogP contribution in [0, 0.1) is 12.8 Å². The lowest BCUT2D eigenvalue weighted by atomic mass is 9.92. The molecule has 0 radical (unpaired) electrons. The van der Waals surface area contributed by atoms with Gasteiger partial charge in [0.05, 0.1) is 0 Å². The first-order chi connectivity index (χ1) is 9.33. The first-order valence-corrected chi connectivity index (χ1v) is 7.87. The Balaban J connectivity index is 1.49. The Morgan fingerprint density at radius 3 is 3.00 bits per heavy atom. The predicted octanol–water partition coefficient (Wildman–Crippen LogP) is 3.67. The van der Waals surface area contributed by atoms with E-state index in [0.29, 0.717) is 0 Å². The zero-order chi connectivity index (χ0) is 13.1. The number of aryl methyl sites for hydroxylation is 1. The molecule has 2 fully saturated rings. The summed E-state index contributed by atoms with van der Waals surface area (Å²) in [6.07, 6.45) is 7.26. The Bertz CT molecular complexity index is 415. The highest BCUT2D eigenvalue weighted by atomic mass is 15.2. The van der Waals surface area contributed by atoms with Crippen LogP contribution in [0.15, 0.2) is 24.3 Å². The molecule has 104 valence electrons. The van der Waals surface area contributed by atoms with Gasteiger partial charge in [0.1, 0.15) is 0 Å². The van der Waals surface area contributed by atoms with Crippen LogP contribution >= 0.6 is 0 Å². The Hall–Kier alpha value is -1.02. The van der Waals surface area contributed by atoms with Gasteiger partial charge in [-0.05, 0) is 62.8 Å². The van der Waals surface area contributed by atoms with E-state index in [2.05, 4.69) is 41.4 Å². The Morgan fingerprint density at radius 2 is 2.11 bits per heavy atom. The summed E-state index contributed by atoms with van der Waals surface area (Å²) >= 11 is 0. The maximum Gasteiger partial charge on any atom is 0.0343 e. The smallest absolute Gasteiger partial charge is 0.0343 e. The summed E-state index contributed by atoms with van der Waals surface area (Å²) in [5.74, 6) is 1.01. The molecule has 2 atom stereocenters. The fourth-order valence-electron chi connectivity index (χ4n) is 3.93. The molecule has 0 spiro atoms. The molecule has 0 amide bonds. The van der Waals surface area contributed by atoms with Gasteiger partial charge in [0.2, 0.25) is 0 Å². The largest absolute Gasteiger partial charge is 0.384 e. The van der Waals surface area contributed by atoms with Gasteiger partial charge in [-0.2, -0.15) is 0 Å². The number of fused-ring (bicyclic) bond motifs is 1. The van der Waals surface area contributed by atoms with Gasteiger partial charge in [0.15, 0.2) is 0 Å². The molecule has 2 heteroatoms. The van der Waals surface area contributed by atoms with E-state index < -0.39 is 0 Å². The van der Waals surface area contributed by atoms with E-state index in [4.69, 9.17) is 0 Å². The molecule has 1 aromatic carbocycles. The number of piperidine rings is 1. The third-order valence-electron chi connectivity index (χ3n) is 4.85. The number of benzene rings is 1. The second-order valence-corrected chi connectivity index (χ2v) is 6.23. The summed E-state index contributed by atoms with van der Waals surface area (Å²) in [6, 6.07) is 9.58. The number of rotatable bonds is 4. The molecule has 0 bridgehead atoms. The fourth-order valence-corrected chi connectivity index (χ4v) is 3.93. The van der Waals surface area contributed by atoms with E-state index in [1.807, 2.05) is 0 Å². The van der Waals surface area contributed by atoms with E-state index in [0.717, 1.165) is 18.5 Å². The van der Waals surface area contributed by atoms with Crippen molar-refractivity contribution in [2.45, 2.75) is 45.1 Å². The Kier molecular flexibility index (Phi) is 4.07. The fraction of sp³-hybridized carbons (Fsp3) is 0.647. The van der Waals surface area contributed by atoms with Crippen molar-refractivity contribution in [3.05, 3.63) is 29.8 Å². The van der Waals surface area contributed by atoms with Crippen molar-refractivity contribution in [2.75, 3.05) is 25.0 Å². The van der Waals surface area contributed by atoms with Gasteiger partial charge in [-0.15, -0.1) is 0 Å². The second-order valence-electron chi connectivity index (χ2n) is 6.23. The van der Waals surface area contributed by atoms with Gasteiger partial charge in [-0.25, -0.2) is 0 Å². The maximum absolute atomic E-state index is 3.57. The average Bonchev–Trinajstić information content (AvgIpc) is 2.88. The van der Waals surface area contributed by atoms with Gasteiger partial charge in [0, 0.05) is 24.8 Å². The molecule has 19 heavy (non-hydrogen) atoms. The van der Waals surface area contributed by atoms with E-state index in [-0.39, 0.29) is 0 Å². The van der Waals surface area contributed by atoms with Crippen LogP contribution in [0.4, 0.5) is 5.69 Å². The first kappa shape index (κ1) is 13.0. The van der Waals surface area contributed by atoms with Crippen LogP contribution in [0.25, 0.3) is 0 Å². The minimum atomic E-state index is 0.896. The van der Waals surface area contributed by atoms with Gasteiger partial charge < -0.3 is 5.32 Å². The molecule has 1 N–H and O–H groups in total. The number of likely N-dealkylation sites (tertiary alicyclic amines) is 1. The topological polar surface area (TPSA) is 15.3 Å². The van der Waals surface area contributed by atoms with Crippen LogP contribution in [0.3, 0.4) is 0 Å². The van der Waals surface area contributed by atoms with Crippen molar-refractivity contribution in [3.63, 3.8) is 0 Å². The molecule has 1 heterocycles. The average molecular weight is 258 g/mol. The number of hydrogen-bond acceptors (Lipinski definition) is 2.